The summed E-state index contributed by atoms with van der Waals surface area (Å²) in [6.07, 6.45) is 1.96. The molecule has 0 spiro atoms. The van der Waals surface area contributed by atoms with E-state index in [1.807, 2.05) is 6.92 Å². The summed E-state index contributed by atoms with van der Waals surface area (Å²) in [6.45, 7) is 6.22. The molecule has 0 unspecified atom stereocenters. The molecule has 0 amide bonds. The molecule has 0 aliphatic heterocycles. The minimum Gasteiger partial charge on any atom is -0.357 e. The van der Waals surface area contributed by atoms with Crippen LogP contribution in [-0.4, -0.2) is 10.6 Å². The van der Waals surface area contributed by atoms with Gasteiger partial charge < -0.3 is 4.84 Å². The summed E-state index contributed by atoms with van der Waals surface area (Å²) in [6, 6.07) is 5.87. The molecular formula is C13H18N2O3. The number of hydrogen-bond donors (Lipinski definition) is 0. The van der Waals surface area contributed by atoms with Gasteiger partial charge in [0.25, 0.3) is 5.69 Å². The van der Waals surface area contributed by atoms with Crippen LogP contribution < -0.4 is 4.84 Å². The Morgan fingerprint density at radius 3 is 2.50 bits per heavy atom. The van der Waals surface area contributed by atoms with Gasteiger partial charge in [-0.2, -0.15) is 0 Å². The van der Waals surface area contributed by atoms with Gasteiger partial charge in [0.05, 0.1) is 10.6 Å². The first kappa shape index (κ1) is 14.2. The van der Waals surface area contributed by atoms with Gasteiger partial charge in [-0.15, -0.1) is 0 Å². The molecule has 0 fully saturated rings. The third-order valence-electron chi connectivity index (χ3n) is 2.44. The predicted octanol–water partition coefficient (Wildman–Crippen LogP) is 3.79. The van der Waals surface area contributed by atoms with E-state index in [9.17, 15) is 10.1 Å². The van der Waals surface area contributed by atoms with Crippen molar-refractivity contribution in [1.29, 1.82) is 0 Å². The maximum absolute atomic E-state index is 10.5. The van der Waals surface area contributed by atoms with Gasteiger partial charge in [0.15, 0.2) is 5.75 Å². The Hall–Kier alpha value is -1.91. The van der Waals surface area contributed by atoms with Crippen molar-refractivity contribution in [2.45, 2.75) is 33.6 Å². The highest BCUT2D eigenvalue weighted by Gasteiger charge is 2.04. The van der Waals surface area contributed by atoms with Gasteiger partial charge in [-0.1, -0.05) is 19.0 Å². The zero-order valence-electron chi connectivity index (χ0n) is 10.9. The first-order valence-corrected chi connectivity index (χ1v) is 5.94. The van der Waals surface area contributed by atoms with Crippen molar-refractivity contribution < 1.29 is 9.76 Å². The Kier molecular flexibility index (Phi) is 5.30. The summed E-state index contributed by atoms with van der Waals surface area (Å²) in [5.74, 6) is 1.14. The molecule has 0 aromatic heterocycles. The zero-order chi connectivity index (χ0) is 13.5. The van der Waals surface area contributed by atoms with Crippen LogP contribution in [0.2, 0.25) is 0 Å². The SMILES string of the molecule is C/C(CCC(C)C)=N\Oc1ccc([N+](=O)[O-])cc1. The summed E-state index contributed by atoms with van der Waals surface area (Å²) in [4.78, 5) is 15.2. The number of non-ortho nitro benzene ring substituents is 1. The van der Waals surface area contributed by atoms with E-state index in [1.54, 1.807) is 0 Å². The van der Waals surface area contributed by atoms with Crippen molar-refractivity contribution in [2.75, 3.05) is 0 Å². The lowest BCUT2D eigenvalue weighted by molar-refractivity contribution is -0.384. The van der Waals surface area contributed by atoms with Gasteiger partial charge in [-0.25, -0.2) is 0 Å². The molecule has 5 heteroatoms. The maximum Gasteiger partial charge on any atom is 0.269 e. The molecule has 0 saturated carbocycles. The molecular weight excluding hydrogens is 232 g/mol. The molecule has 1 aromatic rings. The number of hydrogen-bond acceptors (Lipinski definition) is 4. The number of nitro benzene ring substituents is 1. The minimum absolute atomic E-state index is 0.0443. The van der Waals surface area contributed by atoms with Gasteiger partial charge in [-0.05, 0) is 37.8 Å². The molecule has 0 aliphatic rings. The van der Waals surface area contributed by atoms with Crippen LogP contribution in [-0.2, 0) is 0 Å². The molecule has 0 aliphatic carbocycles. The van der Waals surface area contributed by atoms with Crippen molar-refractivity contribution in [3.63, 3.8) is 0 Å². The van der Waals surface area contributed by atoms with Crippen LogP contribution in [0.1, 0.15) is 33.6 Å². The van der Waals surface area contributed by atoms with Crippen molar-refractivity contribution in [3.05, 3.63) is 34.4 Å². The molecule has 0 N–H and O–H groups in total. The smallest absolute Gasteiger partial charge is 0.269 e. The first-order chi connectivity index (χ1) is 8.49. The summed E-state index contributed by atoms with van der Waals surface area (Å²) in [5.41, 5.74) is 0.963. The minimum atomic E-state index is -0.444. The lowest BCUT2D eigenvalue weighted by Crippen LogP contribution is -1.98. The molecule has 0 heterocycles. The third-order valence-corrected chi connectivity index (χ3v) is 2.44. The molecule has 0 atom stereocenters. The molecule has 98 valence electrons. The average molecular weight is 250 g/mol. The summed E-state index contributed by atoms with van der Waals surface area (Å²) in [7, 11) is 0. The number of nitrogens with zero attached hydrogens (tertiary/aromatic N) is 2. The van der Waals surface area contributed by atoms with Gasteiger partial charge in [-0.3, -0.25) is 10.1 Å². The number of rotatable bonds is 6. The topological polar surface area (TPSA) is 64.7 Å². The Bertz CT molecular complexity index is 424. The molecule has 1 rings (SSSR count). The van der Waals surface area contributed by atoms with E-state index in [0.717, 1.165) is 18.6 Å². The third kappa shape index (κ3) is 4.95. The van der Waals surface area contributed by atoms with Gasteiger partial charge >= 0.3 is 0 Å². The fourth-order valence-electron chi connectivity index (χ4n) is 1.30. The second kappa shape index (κ2) is 6.74. The van der Waals surface area contributed by atoms with Crippen molar-refractivity contribution in [1.82, 2.24) is 0 Å². The van der Waals surface area contributed by atoms with Crippen LogP contribution >= 0.6 is 0 Å². The lowest BCUT2D eigenvalue weighted by Gasteiger charge is -2.04. The molecule has 5 nitrogen and oxygen atoms in total. The zero-order valence-corrected chi connectivity index (χ0v) is 10.9. The van der Waals surface area contributed by atoms with Gasteiger partial charge in [0, 0.05) is 12.1 Å². The van der Waals surface area contributed by atoms with E-state index in [2.05, 4.69) is 19.0 Å². The standard InChI is InChI=1S/C13H18N2O3/c1-10(2)4-5-11(3)14-18-13-8-6-12(7-9-13)15(16)17/h6-10H,4-5H2,1-3H3/b14-11+. The van der Waals surface area contributed by atoms with E-state index in [-0.39, 0.29) is 5.69 Å². The Morgan fingerprint density at radius 1 is 1.39 bits per heavy atom. The van der Waals surface area contributed by atoms with Gasteiger partial charge in [0.1, 0.15) is 0 Å². The second-order valence-electron chi connectivity index (χ2n) is 4.60. The highest BCUT2D eigenvalue weighted by atomic mass is 16.6. The molecule has 1 aromatic carbocycles. The maximum atomic E-state index is 10.5. The first-order valence-electron chi connectivity index (χ1n) is 5.94. The Labute approximate surface area is 107 Å². The molecule has 18 heavy (non-hydrogen) atoms. The van der Waals surface area contributed by atoms with E-state index >= 15 is 0 Å². The predicted molar refractivity (Wildman–Crippen MR) is 70.9 cm³/mol. The summed E-state index contributed by atoms with van der Waals surface area (Å²) in [5, 5.41) is 14.5. The van der Waals surface area contributed by atoms with Crippen molar-refractivity contribution in [3.8, 4) is 5.75 Å². The Balaban J connectivity index is 2.52. The van der Waals surface area contributed by atoms with E-state index in [1.165, 1.54) is 24.3 Å². The van der Waals surface area contributed by atoms with Crippen LogP contribution in [0.15, 0.2) is 29.4 Å². The largest absolute Gasteiger partial charge is 0.357 e. The molecule has 0 saturated heterocycles. The fourth-order valence-corrected chi connectivity index (χ4v) is 1.30. The number of benzene rings is 1. The highest BCUT2D eigenvalue weighted by Crippen LogP contribution is 2.17. The quantitative estimate of drug-likeness (QED) is 0.438. The van der Waals surface area contributed by atoms with Gasteiger partial charge in [0.2, 0.25) is 0 Å². The van der Waals surface area contributed by atoms with E-state index in [0.29, 0.717) is 11.7 Å². The van der Waals surface area contributed by atoms with Crippen LogP contribution in [0.25, 0.3) is 0 Å². The second-order valence-corrected chi connectivity index (χ2v) is 4.60. The van der Waals surface area contributed by atoms with Crippen molar-refractivity contribution >= 4 is 11.4 Å². The highest BCUT2D eigenvalue weighted by molar-refractivity contribution is 5.81. The van der Waals surface area contributed by atoms with E-state index < -0.39 is 4.92 Å². The fraction of sp³-hybridized carbons (Fsp3) is 0.462. The van der Waals surface area contributed by atoms with E-state index in [4.69, 9.17) is 4.84 Å². The summed E-state index contributed by atoms with van der Waals surface area (Å²) >= 11 is 0. The van der Waals surface area contributed by atoms with Crippen LogP contribution in [0, 0.1) is 16.0 Å². The monoisotopic (exact) mass is 250 g/mol. The molecule has 0 radical (unpaired) electrons. The average Bonchev–Trinajstić information content (AvgIpc) is 2.34. The normalized spacial score (nSPS) is 11.7. The Morgan fingerprint density at radius 2 is 2.00 bits per heavy atom. The molecule has 0 bridgehead atoms. The van der Waals surface area contributed by atoms with Crippen LogP contribution in [0.4, 0.5) is 5.69 Å². The lowest BCUT2D eigenvalue weighted by atomic mass is 10.1. The van der Waals surface area contributed by atoms with Crippen molar-refractivity contribution in [2.24, 2.45) is 11.1 Å². The number of nitro groups is 1. The van der Waals surface area contributed by atoms with Crippen LogP contribution in [0.5, 0.6) is 5.75 Å². The number of oxime groups is 1. The summed E-state index contributed by atoms with van der Waals surface area (Å²) < 4.78 is 0. The van der Waals surface area contributed by atoms with Crippen LogP contribution in [0.3, 0.4) is 0 Å².